The minimum atomic E-state index is -0.100. The van der Waals surface area contributed by atoms with Crippen molar-refractivity contribution in [2.24, 2.45) is 0 Å². The van der Waals surface area contributed by atoms with E-state index in [1.807, 2.05) is 6.92 Å². The molecule has 0 radical (unpaired) electrons. The van der Waals surface area contributed by atoms with Crippen LogP contribution in [-0.2, 0) is 0 Å². The van der Waals surface area contributed by atoms with Crippen LogP contribution < -0.4 is 11.1 Å². The van der Waals surface area contributed by atoms with Crippen LogP contribution in [0, 0.1) is 6.92 Å². The maximum atomic E-state index is 12.1. The van der Waals surface area contributed by atoms with Gasteiger partial charge in [0.2, 0.25) is 0 Å². The second-order valence-electron chi connectivity index (χ2n) is 4.85. The van der Waals surface area contributed by atoms with E-state index in [2.05, 4.69) is 17.2 Å². The average Bonchev–Trinajstić information content (AvgIpc) is 2.23. The first-order chi connectivity index (χ1) is 8.06. The number of nitrogen functional groups attached to an aromatic ring is 1. The number of nitrogens with one attached hydrogen (secondary N) is 1. The first-order valence-corrected chi connectivity index (χ1v) is 6.11. The van der Waals surface area contributed by atoms with Gasteiger partial charge >= 0.3 is 0 Å². The number of aryl methyl sites for hydroxylation is 1. The highest BCUT2D eigenvalue weighted by molar-refractivity contribution is 5.99. The van der Waals surface area contributed by atoms with Gasteiger partial charge in [0.25, 0.3) is 5.91 Å². The lowest BCUT2D eigenvalue weighted by Gasteiger charge is -2.42. The molecule has 17 heavy (non-hydrogen) atoms. The Balaban J connectivity index is 2.14. The van der Waals surface area contributed by atoms with Gasteiger partial charge in [-0.3, -0.25) is 9.78 Å². The number of aromatic nitrogens is 1. The predicted molar refractivity (Wildman–Crippen MR) is 67.7 cm³/mol. The summed E-state index contributed by atoms with van der Waals surface area (Å²) in [5.74, 6) is -0.100. The zero-order chi connectivity index (χ0) is 12.5. The summed E-state index contributed by atoms with van der Waals surface area (Å²) in [6.07, 6.45) is 5.85. The fourth-order valence-corrected chi connectivity index (χ4v) is 2.25. The Morgan fingerprint density at radius 2 is 2.29 bits per heavy atom. The molecule has 4 nitrogen and oxygen atoms in total. The molecule has 1 aliphatic rings. The normalized spacial score (nSPS) is 17.3. The van der Waals surface area contributed by atoms with Crippen molar-refractivity contribution in [3.05, 3.63) is 23.5 Å². The molecule has 0 aliphatic heterocycles. The molecule has 1 heterocycles. The molecule has 1 amide bonds. The van der Waals surface area contributed by atoms with E-state index in [1.165, 1.54) is 6.42 Å². The van der Waals surface area contributed by atoms with Gasteiger partial charge in [-0.1, -0.05) is 6.92 Å². The standard InChI is InChI=1S/C13H19N3O/c1-3-13(5-4-6-13)16-12(17)10-8-15-9(2)7-11(10)14/h7-8H,3-6H2,1-2H3,(H2,14,15)(H,16,17). The number of nitrogens with zero attached hydrogens (tertiary/aromatic N) is 1. The van der Waals surface area contributed by atoms with Gasteiger partial charge in [-0.15, -0.1) is 0 Å². The predicted octanol–water partition coefficient (Wildman–Crippen LogP) is 2.03. The quantitative estimate of drug-likeness (QED) is 0.839. The Morgan fingerprint density at radius 3 is 2.76 bits per heavy atom. The van der Waals surface area contributed by atoms with Gasteiger partial charge in [0.15, 0.2) is 0 Å². The van der Waals surface area contributed by atoms with E-state index in [-0.39, 0.29) is 11.4 Å². The first kappa shape index (κ1) is 11.9. The maximum Gasteiger partial charge on any atom is 0.255 e. The fourth-order valence-electron chi connectivity index (χ4n) is 2.25. The third-order valence-electron chi connectivity index (χ3n) is 3.68. The Bertz CT molecular complexity index is 433. The molecule has 1 fully saturated rings. The van der Waals surface area contributed by atoms with Crippen LogP contribution in [0.5, 0.6) is 0 Å². The van der Waals surface area contributed by atoms with Gasteiger partial charge in [-0.2, -0.15) is 0 Å². The van der Waals surface area contributed by atoms with E-state index in [4.69, 9.17) is 5.73 Å². The van der Waals surface area contributed by atoms with Crippen molar-refractivity contribution in [1.29, 1.82) is 0 Å². The zero-order valence-electron chi connectivity index (χ0n) is 10.4. The number of carbonyl (C=O) groups excluding carboxylic acids is 1. The van der Waals surface area contributed by atoms with Crippen molar-refractivity contribution in [1.82, 2.24) is 10.3 Å². The van der Waals surface area contributed by atoms with Crippen LogP contribution >= 0.6 is 0 Å². The van der Waals surface area contributed by atoms with E-state index >= 15 is 0 Å². The van der Waals surface area contributed by atoms with Gasteiger partial charge in [0.05, 0.1) is 5.56 Å². The number of carbonyl (C=O) groups is 1. The van der Waals surface area contributed by atoms with Gasteiger partial charge in [-0.05, 0) is 38.7 Å². The third kappa shape index (κ3) is 2.25. The van der Waals surface area contributed by atoms with Gasteiger partial charge in [-0.25, -0.2) is 0 Å². The largest absolute Gasteiger partial charge is 0.398 e. The molecule has 1 saturated carbocycles. The summed E-state index contributed by atoms with van der Waals surface area (Å²) < 4.78 is 0. The summed E-state index contributed by atoms with van der Waals surface area (Å²) in [7, 11) is 0. The molecule has 1 aliphatic carbocycles. The number of nitrogens with two attached hydrogens (primary N) is 1. The van der Waals surface area contributed by atoms with Crippen LogP contribution in [0.2, 0.25) is 0 Å². The topological polar surface area (TPSA) is 68.0 Å². The van der Waals surface area contributed by atoms with Crippen molar-refractivity contribution in [3.8, 4) is 0 Å². The smallest absolute Gasteiger partial charge is 0.255 e. The Labute approximate surface area is 102 Å². The molecule has 0 saturated heterocycles. The molecular formula is C13H19N3O. The lowest BCUT2D eigenvalue weighted by Crippen LogP contribution is -2.53. The Morgan fingerprint density at radius 1 is 1.59 bits per heavy atom. The van der Waals surface area contributed by atoms with E-state index in [1.54, 1.807) is 12.3 Å². The molecule has 0 bridgehead atoms. The molecular weight excluding hydrogens is 214 g/mol. The first-order valence-electron chi connectivity index (χ1n) is 6.11. The Hall–Kier alpha value is -1.58. The summed E-state index contributed by atoms with van der Waals surface area (Å²) in [6.45, 7) is 3.97. The molecule has 92 valence electrons. The molecule has 0 aromatic carbocycles. The molecule has 0 spiro atoms. The van der Waals surface area contributed by atoms with Gasteiger partial charge in [0.1, 0.15) is 0 Å². The molecule has 2 rings (SSSR count). The van der Waals surface area contributed by atoms with Crippen LogP contribution in [0.25, 0.3) is 0 Å². The minimum absolute atomic E-state index is 0.00555. The summed E-state index contributed by atoms with van der Waals surface area (Å²) >= 11 is 0. The van der Waals surface area contributed by atoms with Crippen LogP contribution in [0.1, 0.15) is 48.7 Å². The number of amides is 1. The number of hydrogen-bond acceptors (Lipinski definition) is 3. The lowest BCUT2D eigenvalue weighted by molar-refractivity contribution is 0.0821. The molecule has 1 aromatic rings. The van der Waals surface area contributed by atoms with Crippen molar-refractivity contribution >= 4 is 11.6 Å². The van der Waals surface area contributed by atoms with E-state index in [0.29, 0.717) is 11.3 Å². The summed E-state index contributed by atoms with van der Waals surface area (Å²) in [6, 6.07) is 1.73. The summed E-state index contributed by atoms with van der Waals surface area (Å²) in [4.78, 5) is 16.2. The zero-order valence-corrected chi connectivity index (χ0v) is 10.4. The van der Waals surface area contributed by atoms with Crippen LogP contribution in [0.15, 0.2) is 12.3 Å². The van der Waals surface area contributed by atoms with Crippen LogP contribution in [0.3, 0.4) is 0 Å². The van der Waals surface area contributed by atoms with Gasteiger partial charge < -0.3 is 11.1 Å². The molecule has 0 unspecified atom stereocenters. The molecule has 4 heteroatoms. The van der Waals surface area contributed by atoms with Crippen molar-refractivity contribution in [2.45, 2.75) is 45.1 Å². The third-order valence-corrected chi connectivity index (χ3v) is 3.68. The lowest BCUT2D eigenvalue weighted by atomic mass is 9.74. The average molecular weight is 233 g/mol. The highest BCUT2D eigenvalue weighted by atomic mass is 16.1. The summed E-state index contributed by atoms with van der Waals surface area (Å²) in [5.41, 5.74) is 7.64. The Kier molecular flexibility index (Phi) is 3.05. The van der Waals surface area contributed by atoms with Gasteiger partial charge in [0, 0.05) is 23.1 Å². The maximum absolute atomic E-state index is 12.1. The number of rotatable bonds is 3. The monoisotopic (exact) mass is 233 g/mol. The highest BCUT2D eigenvalue weighted by Crippen LogP contribution is 2.35. The van der Waals surface area contributed by atoms with Crippen LogP contribution in [0.4, 0.5) is 5.69 Å². The van der Waals surface area contributed by atoms with Crippen molar-refractivity contribution in [2.75, 3.05) is 5.73 Å². The minimum Gasteiger partial charge on any atom is -0.398 e. The van der Waals surface area contributed by atoms with E-state index in [9.17, 15) is 4.79 Å². The second-order valence-corrected chi connectivity index (χ2v) is 4.85. The number of anilines is 1. The van der Waals surface area contributed by atoms with Crippen molar-refractivity contribution in [3.63, 3.8) is 0 Å². The van der Waals surface area contributed by atoms with E-state index in [0.717, 1.165) is 25.0 Å². The molecule has 3 N–H and O–H groups in total. The fraction of sp³-hybridized carbons (Fsp3) is 0.538. The number of pyridine rings is 1. The van der Waals surface area contributed by atoms with Crippen LogP contribution in [-0.4, -0.2) is 16.4 Å². The molecule has 0 atom stereocenters. The highest BCUT2D eigenvalue weighted by Gasteiger charge is 2.36. The number of hydrogen-bond donors (Lipinski definition) is 2. The summed E-state index contributed by atoms with van der Waals surface area (Å²) in [5, 5.41) is 3.10. The van der Waals surface area contributed by atoms with Crippen molar-refractivity contribution < 1.29 is 4.79 Å². The second kappa shape index (κ2) is 4.35. The van der Waals surface area contributed by atoms with E-state index < -0.39 is 0 Å². The SMILES string of the molecule is CCC1(NC(=O)c2cnc(C)cc2N)CCC1. The molecule has 1 aromatic heterocycles.